The zero-order valence-electron chi connectivity index (χ0n) is 14.6. The van der Waals surface area contributed by atoms with Crippen molar-refractivity contribution in [3.8, 4) is 0 Å². The summed E-state index contributed by atoms with van der Waals surface area (Å²) in [6.07, 6.45) is 2.47. The molecule has 0 amide bonds. The zero-order valence-corrected chi connectivity index (χ0v) is 15.4. The lowest BCUT2D eigenvalue weighted by molar-refractivity contribution is -0.428. The highest BCUT2D eigenvalue weighted by molar-refractivity contribution is 7.92. The lowest BCUT2D eigenvalue weighted by Gasteiger charge is -2.34. The van der Waals surface area contributed by atoms with E-state index in [0.29, 0.717) is 24.1 Å². The number of hydrogen-bond acceptors (Lipinski definition) is 4. The van der Waals surface area contributed by atoms with Crippen LogP contribution in [0, 0.1) is 17.0 Å². The van der Waals surface area contributed by atoms with E-state index in [2.05, 4.69) is 0 Å². The van der Waals surface area contributed by atoms with Crippen LogP contribution in [0.15, 0.2) is 59.1 Å². The van der Waals surface area contributed by atoms with Crippen LogP contribution in [0.5, 0.6) is 0 Å². The van der Waals surface area contributed by atoms with Gasteiger partial charge >= 0.3 is 0 Å². The van der Waals surface area contributed by atoms with Gasteiger partial charge in [-0.15, -0.1) is 0 Å². The van der Waals surface area contributed by atoms with Crippen molar-refractivity contribution >= 4 is 21.8 Å². The molecule has 0 aromatic heterocycles. The fourth-order valence-electron chi connectivity index (χ4n) is 3.19. The maximum Gasteiger partial charge on any atom is 0.270 e. The van der Waals surface area contributed by atoms with Crippen molar-refractivity contribution in [3.05, 3.63) is 75.5 Å². The van der Waals surface area contributed by atoms with Gasteiger partial charge in [0.05, 0.1) is 15.5 Å². The van der Waals surface area contributed by atoms with Crippen molar-refractivity contribution in [3.63, 3.8) is 0 Å². The van der Waals surface area contributed by atoms with Crippen LogP contribution in [0.4, 0.5) is 5.69 Å². The molecule has 0 saturated heterocycles. The number of fused-ring (bicyclic) bond motifs is 1. The summed E-state index contributed by atoms with van der Waals surface area (Å²) >= 11 is 0. The summed E-state index contributed by atoms with van der Waals surface area (Å²) in [6, 6.07) is 12.6. The Bertz CT molecular complexity index is 965. The highest BCUT2D eigenvalue weighted by atomic mass is 32.2. The van der Waals surface area contributed by atoms with Gasteiger partial charge in [-0.25, -0.2) is 8.42 Å². The molecule has 0 N–H and O–H groups in total. The van der Waals surface area contributed by atoms with Gasteiger partial charge in [-0.3, -0.25) is 14.4 Å². The predicted octanol–water partition coefficient (Wildman–Crippen LogP) is 3.99. The van der Waals surface area contributed by atoms with Crippen molar-refractivity contribution in [2.75, 3.05) is 4.31 Å². The molecule has 0 spiro atoms. The molecule has 2 aromatic rings. The summed E-state index contributed by atoms with van der Waals surface area (Å²) < 4.78 is 28.0. The molecule has 6 nitrogen and oxygen atoms in total. The third kappa shape index (κ3) is 3.10. The minimum Gasteiger partial charge on any atom is -0.259 e. The van der Waals surface area contributed by atoms with Crippen LogP contribution in [-0.4, -0.2) is 19.4 Å². The Morgan fingerprint density at radius 2 is 1.77 bits per heavy atom. The monoisotopic (exact) mass is 372 g/mol. The smallest absolute Gasteiger partial charge is 0.259 e. The van der Waals surface area contributed by atoms with E-state index in [4.69, 9.17) is 0 Å². The van der Waals surface area contributed by atoms with Crippen molar-refractivity contribution < 1.29 is 13.3 Å². The average Bonchev–Trinajstić information content (AvgIpc) is 2.61. The first-order valence-electron chi connectivity index (χ1n) is 8.42. The molecule has 2 aromatic carbocycles. The van der Waals surface area contributed by atoms with Gasteiger partial charge in [0.1, 0.15) is 6.04 Å². The molecule has 136 valence electrons. The van der Waals surface area contributed by atoms with Crippen molar-refractivity contribution in [1.29, 1.82) is 0 Å². The molecule has 0 bridgehead atoms. The molecule has 0 saturated carbocycles. The molecular formula is C19H20N2O4S. The first-order valence-corrected chi connectivity index (χ1v) is 9.86. The maximum atomic E-state index is 13.4. The molecule has 26 heavy (non-hydrogen) atoms. The number of benzene rings is 2. The van der Waals surface area contributed by atoms with Crippen LogP contribution in [0.3, 0.4) is 0 Å². The van der Waals surface area contributed by atoms with E-state index in [-0.39, 0.29) is 10.6 Å². The zero-order chi connectivity index (χ0) is 18.9. The molecule has 3 rings (SSSR count). The van der Waals surface area contributed by atoms with Gasteiger partial charge in [-0.1, -0.05) is 49.2 Å². The fourth-order valence-corrected chi connectivity index (χ4v) is 4.87. The Morgan fingerprint density at radius 1 is 1.12 bits per heavy atom. The predicted molar refractivity (Wildman–Crippen MR) is 101 cm³/mol. The number of anilines is 1. The SMILES string of the molecule is CCC[C@H]1C([N+](=O)[O-])=Cc2ccccc2N1S(=O)(=O)c1ccc(C)cc1. The third-order valence-electron chi connectivity index (χ3n) is 4.45. The van der Waals surface area contributed by atoms with Crippen LogP contribution in [-0.2, 0) is 10.0 Å². The first kappa shape index (κ1) is 18.1. The highest BCUT2D eigenvalue weighted by Gasteiger charge is 2.42. The molecule has 7 heteroatoms. The minimum absolute atomic E-state index is 0.0961. The van der Waals surface area contributed by atoms with E-state index in [9.17, 15) is 18.5 Å². The molecule has 1 aliphatic rings. The average molecular weight is 372 g/mol. The van der Waals surface area contributed by atoms with Gasteiger partial charge < -0.3 is 0 Å². The molecule has 0 aliphatic carbocycles. The highest BCUT2D eigenvalue weighted by Crippen LogP contribution is 2.38. The van der Waals surface area contributed by atoms with Crippen molar-refractivity contribution in [2.24, 2.45) is 0 Å². The summed E-state index contributed by atoms with van der Waals surface area (Å²) in [6.45, 7) is 3.76. The second kappa shape index (κ2) is 6.92. The summed E-state index contributed by atoms with van der Waals surface area (Å²) in [5.74, 6) is 0. The number of hydrogen-bond donors (Lipinski definition) is 0. The summed E-state index contributed by atoms with van der Waals surface area (Å²) in [5.41, 5.74) is 1.85. The number of sulfonamides is 1. The van der Waals surface area contributed by atoms with Gasteiger partial charge in [0.2, 0.25) is 0 Å². The van der Waals surface area contributed by atoms with E-state index in [1.54, 1.807) is 48.5 Å². The topological polar surface area (TPSA) is 80.5 Å². The maximum absolute atomic E-state index is 13.4. The number of aryl methyl sites for hydroxylation is 1. The Kier molecular flexibility index (Phi) is 4.82. The molecule has 0 fully saturated rings. The molecule has 1 heterocycles. The lowest BCUT2D eigenvalue weighted by Crippen LogP contribution is -2.45. The number of rotatable bonds is 5. The van der Waals surface area contributed by atoms with Crippen LogP contribution in [0.25, 0.3) is 6.08 Å². The second-order valence-corrected chi connectivity index (χ2v) is 8.12. The Balaban J connectivity index is 2.23. The van der Waals surface area contributed by atoms with E-state index in [1.807, 2.05) is 13.8 Å². The van der Waals surface area contributed by atoms with Gasteiger partial charge in [-0.05, 0) is 31.5 Å². The molecule has 0 radical (unpaired) electrons. The molecule has 1 aliphatic heterocycles. The van der Waals surface area contributed by atoms with E-state index >= 15 is 0 Å². The second-order valence-electron chi connectivity index (χ2n) is 6.30. The number of para-hydroxylation sites is 1. The van der Waals surface area contributed by atoms with Crippen LogP contribution in [0.1, 0.15) is 30.9 Å². The Morgan fingerprint density at radius 3 is 2.38 bits per heavy atom. The molecule has 1 atom stereocenters. The normalized spacial score (nSPS) is 16.8. The third-order valence-corrected chi connectivity index (χ3v) is 6.29. The minimum atomic E-state index is -3.94. The van der Waals surface area contributed by atoms with Gasteiger partial charge in [0, 0.05) is 11.6 Å². The Hall–Kier alpha value is -2.67. The number of nitro groups is 1. The standard InChI is InChI=1S/C19H20N2O4S/c1-3-6-18-19(21(22)23)13-15-7-4-5-8-17(15)20(18)26(24,25)16-11-9-14(2)10-12-16/h4-5,7-13,18H,3,6H2,1-2H3/t18-/m0/s1. The Labute approximate surface area is 153 Å². The van der Waals surface area contributed by atoms with Crippen molar-refractivity contribution in [1.82, 2.24) is 0 Å². The molecular weight excluding hydrogens is 352 g/mol. The van der Waals surface area contributed by atoms with Gasteiger partial charge in [0.15, 0.2) is 0 Å². The van der Waals surface area contributed by atoms with E-state index in [1.165, 1.54) is 10.4 Å². The number of nitrogens with zero attached hydrogens (tertiary/aromatic N) is 2. The van der Waals surface area contributed by atoms with E-state index < -0.39 is 21.0 Å². The quantitative estimate of drug-likeness (QED) is 0.587. The van der Waals surface area contributed by atoms with Crippen LogP contribution >= 0.6 is 0 Å². The van der Waals surface area contributed by atoms with E-state index in [0.717, 1.165) is 5.56 Å². The molecule has 0 unspecified atom stereocenters. The summed E-state index contributed by atoms with van der Waals surface area (Å²) in [5, 5.41) is 11.6. The van der Waals surface area contributed by atoms with Crippen LogP contribution in [0.2, 0.25) is 0 Å². The summed E-state index contributed by atoms with van der Waals surface area (Å²) in [4.78, 5) is 11.3. The first-order chi connectivity index (χ1) is 12.4. The van der Waals surface area contributed by atoms with Gasteiger partial charge in [0.25, 0.3) is 15.7 Å². The lowest BCUT2D eigenvalue weighted by atomic mass is 9.99. The van der Waals surface area contributed by atoms with Crippen molar-refractivity contribution in [2.45, 2.75) is 37.6 Å². The fraction of sp³-hybridized carbons (Fsp3) is 0.263. The summed E-state index contributed by atoms with van der Waals surface area (Å²) in [7, 11) is -3.94. The van der Waals surface area contributed by atoms with Gasteiger partial charge in [-0.2, -0.15) is 0 Å². The van der Waals surface area contributed by atoms with Crippen LogP contribution < -0.4 is 4.31 Å². The largest absolute Gasteiger partial charge is 0.270 e.